The number of nitrogens with one attached hydrogen (secondary N) is 1. The van der Waals surface area contributed by atoms with Gasteiger partial charge >= 0.3 is 0 Å². The predicted molar refractivity (Wildman–Crippen MR) is 104 cm³/mol. The Morgan fingerprint density at radius 1 is 1.08 bits per heavy atom. The zero-order chi connectivity index (χ0) is 16.9. The second-order valence-electron chi connectivity index (χ2n) is 6.47. The SMILES string of the molecule is c1ccc(C(CNCc2ccccn2)N2CCc3sccc3C2)cc1. The standard InChI is InChI=1S/C21H23N3S/c1-2-6-17(7-3-1)20(15-22-14-19-8-4-5-11-23-19)24-12-9-21-18(16-24)10-13-25-21/h1-8,10-11,13,20,22H,9,12,14-16H2. The monoisotopic (exact) mass is 349 g/mol. The van der Waals surface area contributed by atoms with Crippen molar-refractivity contribution in [1.82, 2.24) is 15.2 Å². The molecule has 1 aliphatic rings. The fourth-order valence-corrected chi connectivity index (χ4v) is 4.40. The van der Waals surface area contributed by atoms with E-state index in [-0.39, 0.29) is 0 Å². The fraction of sp³-hybridized carbons (Fsp3) is 0.286. The molecule has 4 heteroatoms. The Morgan fingerprint density at radius 3 is 2.80 bits per heavy atom. The second kappa shape index (κ2) is 7.91. The molecule has 0 fully saturated rings. The van der Waals surface area contributed by atoms with Crippen LogP contribution in [0, 0.1) is 0 Å². The van der Waals surface area contributed by atoms with Crippen molar-refractivity contribution in [1.29, 1.82) is 0 Å². The number of benzene rings is 1. The van der Waals surface area contributed by atoms with Gasteiger partial charge in [0.2, 0.25) is 0 Å². The zero-order valence-corrected chi connectivity index (χ0v) is 15.1. The summed E-state index contributed by atoms with van der Waals surface area (Å²) >= 11 is 1.90. The number of hydrogen-bond donors (Lipinski definition) is 1. The normalized spacial score (nSPS) is 15.7. The minimum absolute atomic E-state index is 0.387. The quantitative estimate of drug-likeness (QED) is 0.728. The van der Waals surface area contributed by atoms with Crippen LogP contribution in [0.4, 0.5) is 0 Å². The second-order valence-corrected chi connectivity index (χ2v) is 7.47. The van der Waals surface area contributed by atoms with E-state index in [1.807, 2.05) is 29.7 Å². The molecule has 1 N–H and O–H groups in total. The van der Waals surface area contributed by atoms with Gasteiger partial charge in [0.25, 0.3) is 0 Å². The van der Waals surface area contributed by atoms with Crippen LogP contribution in [-0.4, -0.2) is 23.0 Å². The molecule has 0 radical (unpaired) electrons. The van der Waals surface area contributed by atoms with Gasteiger partial charge in [0.15, 0.2) is 0 Å². The van der Waals surface area contributed by atoms with Gasteiger partial charge in [0.05, 0.1) is 5.69 Å². The molecule has 3 heterocycles. The molecule has 2 aromatic heterocycles. The van der Waals surface area contributed by atoms with E-state index in [1.54, 1.807) is 4.88 Å². The summed E-state index contributed by atoms with van der Waals surface area (Å²) in [7, 11) is 0. The van der Waals surface area contributed by atoms with Gasteiger partial charge in [-0.25, -0.2) is 0 Å². The van der Waals surface area contributed by atoms with E-state index in [9.17, 15) is 0 Å². The highest BCUT2D eigenvalue weighted by Crippen LogP contribution is 2.30. The van der Waals surface area contributed by atoms with Crippen molar-refractivity contribution >= 4 is 11.3 Å². The average molecular weight is 350 g/mol. The highest BCUT2D eigenvalue weighted by Gasteiger charge is 2.25. The van der Waals surface area contributed by atoms with Gasteiger partial charge in [0, 0.05) is 43.3 Å². The Morgan fingerprint density at radius 2 is 1.96 bits per heavy atom. The van der Waals surface area contributed by atoms with Gasteiger partial charge in [0.1, 0.15) is 0 Å². The molecule has 0 saturated heterocycles. The lowest BCUT2D eigenvalue weighted by Crippen LogP contribution is -2.38. The Kier molecular flexibility index (Phi) is 5.21. The smallest absolute Gasteiger partial charge is 0.0541 e. The van der Waals surface area contributed by atoms with Crippen molar-refractivity contribution in [3.63, 3.8) is 0 Å². The van der Waals surface area contributed by atoms with Crippen molar-refractivity contribution in [2.45, 2.75) is 25.6 Å². The first-order valence-electron chi connectivity index (χ1n) is 8.85. The van der Waals surface area contributed by atoms with Gasteiger partial charge in [-0.3, -0.25) is 9.88 Å². The lowest BCUT2D eigenvalue weighted by atomic mass is 10.0. The van der Waals surface area contributed by atoms with Crippen molar-refractivity contribution in [2.24, 2.45) is 0 Å². The van der Waals surface area contributed by atoms with Crippen molar-refractivity contribution in [2.75, 3.05) is 13.1 Å². The molecule has 25 heavy (non-hydrogen) atoms. The highest BCUT2D eigenvalue weighted by atomic mass is 32.1. The van der Waals surface area contributed by atoms with Gasteiger partial charge in [-0.1, -0.05) is 36.4 Å². The summed E-state index contributed by atoms with van der Waals surface area (Å²) < 4.78 is 0. The minimum Gasteiger partial charge on any atom is -0.309 e. The molecule has 0 amide bonds. The molecule has 1 unspecified atom stereocenters. The molecule has 4 rings (SSSR count). The van der Waals surface area contributed by atoms with Gasteiger partial charge < -0.3 is 5.32 Å². The highest BCUT2D eigenvalue weighted by molar-refractivity contribution is 7.10. The fourth-order valence-electron chi connectivity index (χ4n) is 3.51. The van der Waals surface area contributed by atoms with Gasteiger partial charge in [-0.2, -0.15) is 0 Å². The van der Waals surface area contributed by atoms with Crippen LogP contribution >= 0.6 is 11.3 Å². The van der Waals surface area contributed by atoms with Crippen LogP contribution in [0.3, 0.4) is 0 Å². The summed E-state index contributed by atoms with van der Waals surface area (Å²) in [6.45, 7) is 3.91. The molecular formula is C21H23N3S. The van der Waals surface area contributed by atoms with Crippen LogP contribution in [0.5, 0.6) is 0 Å². The number of rotatable bonds is 6. The lowest BCUT2D eigenvalue weighted by molar-refractivity contribution is 0.176. The molecular weight excluding hydrogens is 326 g/mol. The van der Waals surface area contributed by atoms with Crippen LogP contribution in [0.25, 0.3) is 0 Å². The Labute approximate surface area is 153 Å². The molecule has 0 spiro atoms. The van der Waals surface area contributed by atoms with E-state index in [0.717, 1.165) is 38.3 Å². The molecule has 3 aromatic rings. The number of nitrogens with zero attached hydrogens (tertiary/aromatic N) is 2. The van der Waals surface area contributed by atoms with Crippen LogP contribution in [-0.2, 0) is 19.5 Å². The summed E-state index contributed by atoms with van der Waals surface area (Å²) in [4.78, 5) is 8.58. The first kappa shape index (κ1) is 16.5. The minimum atomic E-state index is 0.387. The van der Waals surface area contributed by atoms with Crippen molar-refractivity contribution in [3.8, 4) is 0 Å². The molecule has 3 nitrogen and oxygen atoms in total. The third kappa shape index (κ3) is 3.98. The first-order chi connectivity index (χ1) is 12.4. The zero-order valence-electron chi connectivity index (χ0n) is 14.3. The topological polar surface area (TPSA) is 28.2 Å². The number of pyridine rings is 1. The Balaban J connectivity index is 1.47. The van der Waals surface area contributed by atoms with Crippen LogP contribution in [0.15, 0.2) is 66.2 Å². The van der Waals surface area contributed by atoms with Crippen molar-refractivity contribution in [3.05, 3.63) is 87.9 Å². The van der Waals surface area contributed by atoms with Crippen LogP contribution in [0.2, 0.25) is 0 Å². The largest absolute Gasteiger partial charge is 0.309 e. The maximum absolute atomic E-state index is 4.41. The first-order valence-corrected chi connectivity index (χ1v) is 9.73. The molecule has 1 atom stereocenters. The van der Waals surface area contributed by atoms with E-state index in [1.165, 1.54) is 11.1 Å². The van der Waals surface area contributed by atoms with E-state index >= 15 is 0 Å². The average Bonchev–Trinajstić information content (AvgIpc) is 3.14. The summed E-state index contributed by atoms with van der Waals surface area (Å²) in [5.41, 5.74) is 3.98. The molecule has 0 aliphatic carbocycles. The third-order valence-electron chi connectivity index (χ3n) is 4.83. The summed E-state index contributed by atoms with van der Waals surface area (Å²) in [5, 5.41) is 5.84. The summed E-state index contributed by atoms with van der Waals surface area (Å²) in [5.74, 6) is 0. The van der Waals surface area contributed by atoms with Gasteiger partial charge in [-0.15, -0.1) is 11.3 Å². The third-order valence-corrected chi connectivity index (χ3v) is 5.86. The maximum Gasteiger partial charge on any atom is 0.0541 e. The van der Waals surface area contributed by atoms with Gasteiger partial charge in [-0.05, 0) is 41.1 Å². The Bertz CT molecular complexity index is 785. The van der Waals surface area contributed by atoms with Crippen molar-refractivity contribution < 1.29 is 0 Å². The number of hydrogen-bond acceptors (Lipinski definition) is 4. The molecule has 1 aliphatic heterocycles. The summed E-state index contributed by atoms with van der Waals surface area (Å²) in [6, 6.07) is 19.6. The number of thiophene rings is 1. The summed E-state index contributed by atoms with van der Waals surface area (Å²) in [6.07, 6.45) is 3.02. The van der Waals surface area contributed by atoms with Crippen LogP contribution in [0.1, 0.15) is 27.7 Å². The van der Waals surface area contributed by atoms with E-state index in [2.05, 4.69) is 63.0 Å². The van der Waals surface area contributed by atoms with E-state index in [0.29, 0.717) is 6.04 Å². The molecule has 128 valence electrons. The van der Waals surface area contributed by atoms with E-state index in [4.69, 9.17) is 0 Å². The number of aromatic nitrogens is 1. The maximum atomic E-state index is 4.41. The predicted octanol–water partition coefficient (Wildman–Crippen LogP) is 4.03. The van der Waals surface area contributed by atoms with Crippen LogP contribution < -0.4 is 5.32 Å². The molecule has 0 saturated carbocycles. The Hall–Kier alpha value is -2.01. The van der Waals surface area contributed by atoms with E-state index < -0.39 is 0 Å². The molecule has 1 aromatic carbocycles. The number of fused-ring (bicyclic) bond motifs is 1. The lowest BCUT2D eigenvalue weighted by Gasteiger charge is -2.35. The molecule has 0 bridgehead atoms.